The summed E-state index contributed by atoms with van der Waals surface area (Å²) in [5.41, 5.74) is 8.15. The van der Waals surface area contributed by atoms with Crippen molar-refractivity contribution in [2.45, 2.75) is 25.9 Å². The molecule has 1 unspecified atom stereocenters. The fraction of sp³-hybridized carbons (Fsp3) is 0.348. The second-order valence-electron chi connectivity index (χ2n) is 7.54. The third-order valence-electron chi connectivity index (χ3n) is 5.49. The number of halogens is 1. The highest BCUT2D eigenvalue weighted by atomic mass is 35.5. The lowest BCUT2D eigenvalue weighted by Crippen LogP contribution is -2.62. The maximum atomic E-state index is 13.0. The summed E-state index contributed by atoms with van der Waals surface area (Å²) < 4.78 is 0. The lowest BCUT2D eigenvalue weighted by molar-refractivity contribution is -0.142. The molecule has 9 heteroatoms. The summed E-state index contributed by atoms with van der Waals surface area (Å²) in [5, 5.41) is 6.22. The van der Waals surface area contributed by atoms with E-state index in [9.17, 15) is 14.4 Å². The minimum atomic E-state index is -0.837. The second kappa shape index (κ2) is 11.0. The van der Waals surface area contributed by atoms with Gasteiger partial charge in [-0.3, -0.25) is 9.59 Å². The zero-order chi connectivity index (χ0) is 23.1. The van der Waals surface area contributed by atoms with Crippen molar-refractivity contribution in [2.75, 3.05) is 31.5 Å². The van der Waals surface area contributed by atoms with Crippen LogP contribution in [0.4, 0.5) is 10.5 Å². The number of rotatable bonds is 6. The largest absolute Gasteiger partial charge is 0.350 e. The predicted molar refractivity (Wildman–Crippen MR) is 124 cm³/mol. The zero-order valence-electron chi connectivity index (χ0n) is 18.0. The highest BCUT2D eigenvalue weighted by Gasteiger charge is 2.36. The first-order valence-corrected chi connectivity index (χ1v) is 11.0. The molecule has 2 aromatic rings. The van der Waals surface area contributed by atoms with Gasteiger partial charge in [0.25, 0.3) is 0 Å². The normalized spacial score (nSPS) is 15.9. The molecule has 170 valence electrons. The van der Waals surface area contributed by atoms with Gasteiger partial charge in [-0.15, -0.1) is 0 Å². The molecule has 2 aromatic carbocycles. The second-order valence-corrected chi connectivity index (χ2v) is 7.95. The third-order valence-corrected chi connectivity index (χ3v) is 5.86. The van der Waals surface area contributed by atoms with Crippen LogP contribution in [0.25, 0.3) is 0 Å². The molecule has 8 nitrogen and oxygen atoms in total. The zero-order valence-corrected chi connectivity index (χ0v) is 18.8. The number of hydrogen-bond donors (Lipinski definition) is 3. The van der Waals surface area contributed by atoms with Crippen LogP contribution >= 0.6 is 11.6 Å². The number of nitrogens with two attached hydrogens (primary N) is 1. The number of anilines is 1. The lowest BCUT2D eigenvalue weighted by atomic mass is 10.1. The molecule has 1 heterocycles. The van der Waals surface area contributed by atoms with Gasteiger partial charge in [-0.25, -0.2) is 4.79 Å². The van der Waals surface area contributed by atoms with Crippen LogP contribution in [0, 0.1) is 0 Å². The number of carbonyl (C=O) groups is 3. The van der Waals surface area contributed by atoms with Gasteiger partial charge in [0.05, 0.1) is 13.1 Å². The Morgan fingerprint density at radius 2 is 1.81 bits per heavy atom. The maximum absolute atomic E-state index is 13.0. The number of urea groups is 1. The molecule has 0 spiro atoms. The van der Waals surface area contributed by atoms with E-state index < -0.39 is 6.04 Å². The van der Waals surface area contributed by atoms with Crippen molar-refractivity contribution in [1.82, 2.24) is 15.1 Å². The number of amides is 4. The molecule has 0 aliphatic carbocycles. The van der Waals surface area contributed by atoms with Crippen molar-refractivity contribution in [3.8, 4) is 0 Å². The smallest absolute Gasteiger partial charge is 0.321 e. The molecule has 0 bridgehead atoms. The van der Waals surface area contributed by atoms with Crippen molar-refractivity contribution >= 4 is 35.1 Å². The fourth-order valence-electron chi connectivity index (χ4n) is 3.58. The van der Waals surface area contributed by atoms with E-state index in [4.69, 9.17) is 17.3 Å². The van der Waals surface area contributed by atoms with Gasteiger partial charge in [0.2, 0.25) is 11.8 Å². The Balaban J connectivity index is 1.67. The Morgan fingerprint density at radius 1 is 1.09 bits per heavy atom. The van der Waals surface area contributed by atoms with E-state index in [0.29, 0.717) is 17.3 Å². The van der Waals surface area contributed by atoms with Crippen LogP contribution in [0.2, 0.25) is 5.02 Å². The summed E-state index contributed by atoms with van der Waals surface area (Å²) in [4.78, 5) is 41.0. The summed E-state index contributed by atoms with van der Waals surface area (Å²) in [6.45, 7) is 2.67. The van der Waals surface area contributed by atoms with Gasteiger partial charge < -0.3 is 26.2 Å². The van der Waals surface area contributed by atoms with E-state index >= 15 is 0 Å². The van der Waals surface area contributed by atoms with Crippen molar-refractivity contribution in [2.24, 2.45) is 5.73 Å². The summed E-state index contributed by atoms with van der Waals surface area (Å²) in [7, 11) is 0. The first kappa shape index (κ1) is 23.6. The number of nitrogens with one attached hydrogen (secondary N) is 2. The molecule has 1 atom stereocenters. The van der Waals surface area contributed by atoms with Crippen LogP contribution in [0.3, 0.4) is 0 Å². The van der Waals surface area contributed by atoms with Crippen LogP contribution in [-0.2, 0) is 22.6 Å². The Hall–Kier alpha value is -3.10. The summed E-state index contributed by atoms with van der Waals surface area (Å²) in [6.07, 6.45) is 0.913. The van der Waals surface area contributed by atoms with E-state index in [1.165, 1.54) is 15.4 Å². The highest BCUT2D eigenvalue weighted by Crippen LogP contribution is 2.17. The molecule has 32 heavy (non-hydrogen) atoms. The first-order chi connectivity index (χ1) is 15.4. The van der Waals surface area contributed by atoms with Crippen molar-refractivity contribution in [3.05, 3.63) is 64.7 Å². The monoisotopic (exact) mass is 457 g/mol. The topological polar surface area (TPSA) is 108 Å². The average Bonchev–Trinajstić information content (AvgIpc) is 2.82. The number of piperazine rings is 1. The average molecular weight is 458 g/mol. The summed E-state index contributed by atoms with van der Waals surface area (Å²) in [5.74, 6) is -0.699. The molecule has 1 aliphatic rings. The highest BCUT2D eigenvalue weighted by molar-refractivity contribution is 6.31. The Bertz CT molecular complexity index is 966. The molecule has 1 aliphatic heterocycles. The van der Waals surface area contributed by atoms with Crippen LogP contribution in [0.1, 0.15) is 18.1 Å². The molecule has 4 N–H and O–H groups in total. The third kappa shape index (κ3) is 5.77. The van der Waals surface area contributed by atoms with Crippen LogP contribution in [0.5, 0.6) is 0 Å². The summed E-state index contributed by atoms with van der Waals surface area (Å²) >= 11 is 6.16. The number of benzene rings is 2. The Labute approximate surface area is 192 Å². The molecule has 3 rings (SSSR count). The minimum absolute atomic E-state index is 0.0684. The Morgan fingerprint density at radius 3 is 2.47 bits per heavy atom. The molecule has 0 radical (unpaired) electrons. The van der Waals surface area contributed by atoms with Crippen LogP contribution < -0.4 is 16.4 Å². The molecule has 1 fully saturated rings. The first-order valence-electron chi connectivity index (χ1n) is 10.6. The maximum Gasteiger partial charge on any atom is 0.321 e. The van der Waals surface area contributed by atoms with Gasteiger partial charge in [0.15, 0.2) is 0 Å². The van der Waals surface area contributed by atoms with E-state index in [1.54, 1.807) is 6.07 Å². The number of aryl methyl sites for hydroxylation is 1. The van der Waals surface area contributed by atoms with E-state index in [2.05, 4.69) is 17.6 Å². The Kier molecular flexibility index (Phi) is 8.08. The standard InChI is InChI=1S/C23H28ClN5O3/c1-2-16-7-9-18(10-8-16)27-23(32)28-11-12-29(21(30)13-25)20(15-28)22(31)26-14-17-5-3-4-6-19(17)24/h3-10,20H,2,11-15,25H2,1H3,(H,26,31)(H,27,32). The van der Waals surface area contributed by atoms with Crippen molar-refractivity contribution in [3.63, 3.8) is 0 Å². The van der Waals surface area contributed by atoms with Gasteiger partial charge >= 0.3 is 6.03 Å². The lowest BCUT2D eigenvalue weighted by Gasteiger charge is -2.40. The molecular weight excluding hydrogens is 430 g/mol. The molecular formula is C23H28ClN5O3. The van der Waals surface area contributed by atoms with Crippen LogP contribution in [-0.4, -0.2) is 59.9 Å². The number of hydrogen-bond acceptors (Lipinski definition) is 4. The molecule has 0 aromatic heterocycles. The molecule has 4 amide bonds. The number of carbonyl (C=O) groups excluding carboxylic acids is 3. The van der Waals surface area contributed by atoms with Gasteiger partial charge in [-0.2, -0.15) is 0 Å². The number of nitrogens with zero attached hydrogens (tertiary/aromatic N) is 2. The van der Waals surface area contributed by atoms with Gasteiger partial charge in [0, 0.05) is 30.3 Å². The van der Waals surface area contributed by atoms with Crippen molar-refractivity contribution in [1.29, 1.82) is 0 Å². The van der Waals surface area contributed by atoms with Crippen LogP contribution in [0.15, 0.2) is 48.5 Å². The quantitative estimate of drug-likeness (QED) is 0.618. The van der Waals surface area contributed by atoms with Gasteiger partial charge in [0.1, 0.15) is 6.04 Å². The van der Waals surface area contributed by atoms with Gasteiger partial charge in [-0.1, -0.05) is 48.9 Å². The molecule has 0 saturated carbocycles. The molecule has 1 saturated heterocycles. The predicted octanol–water partition coefficient (Wildman–Crippen LogP) is 2.22. The van der Waals surface area contributed by atoms with E-state index in [-0.39, 0.29) is 44.0 Å². The minimum Gasteiger partial charge on any atom is -0.350 e. The van der Waals surface area contributed by atoms with E-state index in [1.807, 2.05) is 42.5 Å². The van der Waals surface area contributed by atoms with Crippen molar-refractivity contribution < 1.29 is 14.4 Å². The summed E-state index contributed by atoms with van der Waals surface area (Å²) in [6, 6.07) is 13.6. The van der Waals surface area contributed by atoms with E-state index in [0.717, 1.165) is 12.0 Å². The van der Waals surface area contributed by atoms with Gasteiger partial charge in [-0.05, 0) is 35.7 Å². The SMILES string of the molecule is CCc1ccc(NC(=O)N2CCN(C(=O)CN)C(C(=O)NCc3ccccc3Cl)C2)cc1. The fourth-order valence-corrected chi connectivity index (χ4v) is 3.78.